The lowest BCUT2D eigenvalue weighted by atomic mass is 9.97. The fraction of sp³-hybridized carbons (Fsp3) is 0.318. The van der Waals surface area contributed by atoms with E-state index in [9.17, 15) is 9.59 Å². The number of nitrogens with zero attached hydrogens (tertiary/aromatic N) is 2. The summed E-state index contributed by atoms with van der Waals surface area (Å²) in [6, 6.07) is 6.82. The number of likely N-dealkylation sites (tertiary alicyclic amines) is 1. The lowest BCUT2D eigenvalue weighted by molar-refractivity contribution is -0.130. The first-order chi connectivity index (χ1) is 15.0. The molecule has 1 unspecified atom stereocenters. The molecule has 7 nitrogen and oxygen atoms in total. The van der Waals surface area contributed by atoms with E-state index in [1.54, 1.807) is 35.2 Å². The summed E-state index contributed by atoms with van der Waals surface area (Å²) in [5.41, 5.74) is 0.739. The van der Waals surface area contributed by atoms with Crippen LogP contribution in [-0.4, -0.2) is 48.0 Å². The first-order valence-corrected chi connectivity index (χ1v) is 10.7. The second-order valence-corrected chi connectivity index (χ2v) is 8.18. The number of benzene rings is 1. The molecule has 1 fully saturated rings. The number of amides is 2. The number of ether oxygens (including phenoxy) is 2. The van der Waals surface area contributed by atoms with E-state index < -0.39 is 0 Å². The molecule has 1 saturated heterocycles. The van der Waals surface area contributed by atoms with Gasteiger partial charge in [0, 0.05) is 25.4 Å². The lowest BCUT2D eigenvalue weighted by Crippen LogP contribution is -2.43. The molecule has 2 amide bonds. The standard InChI is InChI=1S/C22H21Cl2N3O4/c23-16-4-5-19(25-12-16)26-22(29)15-2-1-7-27(13-15)20(28)6-3-14-10-17(24)21-18(11-14)30-8-9-31-21/h3-6,10-12,15H,1-2,7-9,13H2,(H,25,26,29). The summed E-state index contributed by atoms with van der Waals surface area (Å²) < 4.78 is 11.1. The van der Waals surface area contributed by atoms with Gasteiger partial charge >= 0.3 is 0 Å². The number of hydrogen-bond donors (Lipinski definition) is 1. The molecule has 2 aromatic rings. The third-order valence-corrected chi connectivity index (χ3v) is 5.62. The van der Waals surface area contributed by atoms with Crippen molar-refractivity contribution < 1.29 is 19.1 Å². The van der Waals surface area contributed by atoms with Crippen LogP contribution in [0.15, 0.2) is 36.5 Å². The van der Waals surface area contributed by atoms with Crippen molar-refractivity contribution in [2.45, 2.75) is 12.8 Å². The third kappa shape index (κ3) is 5.29. The van der Waals surface area contributed by atoms with Crippen LogP contribution in [0.5, 0.6) is 11.5 Å². The van der Waals surface area contributed by atoms with Crippen LogP contribution in [0.3, 0.4) is 0 Å². The average Bonchev–Trinajstić information content (AvgIpc) is 2.79. The summed E-state index contributed by atoms with van der Waals surface area (Å²) in [4.78, 5) is 31.1. The van der Waals surface area contributed by atoms with Gasteiger partial charge < -0.3 is 19.7 Å². The number of pyridine rings is 1. The minimum atomic E-state index is -0.299. The van der Waals surface area contributed by atoms with Gasteiger partial charge in [-0.15, -0.1) is 0 Å². The number of carbonyl (C=O) groups is 2. The number of anilines is 1. The van der Waals surface area contributed by atoms with Crippen molar-refractivity contribution in [3.8, 4) is 11.5 Å². The van der Waals surface area contributed by atoms with E-state index in [0.717, 1.165) is 12.0 Å². The number of rotatable bonds is 4. The van der Waals surface area contributed by atoms with Crippen LogP contribution in [0, 0.1) is 5.92 Å². The molecule has 1 aromatic heterocycles. The maximum atomic E-state index is 12.7. The quantitative estimate of drug-likeness (QED) is 0.694. The minimum Gasteiger partial charge on any atom is -0.486 e. The van der Waals surface area contributed by atoms with Crippen molar-refractivity contribution in [3.63, 3.8) is 0 Å². The van der Waals surface area contributed by atoms with E-state index >= 15 is 0 Å². The maximum Gasteiger partial charge on any atom is 0.246 e. The highest BCUT2D eigenvalue weighted by Gasteiger charge is 2.28. The molecule has 9 heteroatoms. The Kier molecular flexibility index (Phi) is 6.63. The molecule has 0 bridgehead atoms. The first-order valence-electron chi connectivity index (χ1n) is 9.98. The van der Waals surface area contributed by atoms with Crippen molar-refractivity contribution in [3.05, 3.63) is 52.1 Å². The SMILES string of the molecule is O=C(Nc1ccc(Cl)cn1)C1CCCN(C(=O)C=Cc2cc(Cl)c3c(c2)OCCO3)C1. The number of halogens is 2. The highest BCUT2D eigenvalue weighted by Crippen LogP contribution is 2.38. The van der Waals surface area contributed by atoms with Gasteiger partial charge in [-0.2, -0.15) is 0 Å². The molecule has 0 spiro atoms. The van der Waals surface area contributed by atoms with Crippen LogP contribution in [0.1, 0.15) is 18.4 Å². The van der Waals surface area contributed by atoms with Crippen LogP contribution in [0.4, 0.5) is 5.82 Å². The van der Waals surface area contributed by atoms with Crippen LogP contribution < -0.4 is 14.8 Å². The van der Waals surface area contributed by atoms with E-state index in [0.29, 0.717) is 60.1 Å². The molecule has 0 aliphatic carbocycles. The average molecular weight is 462 g/mol. The number of hydrogen-bond acceptors (Lipinski definition) is 5. The Labute approximate surface area is 189 Å². The molecule has 4 rings (SSSR count). The van der Waals surface area contributed by atoms with Gasteiger partial charge in [-0.05, 0) is 48.7 Å². The molecule has 1 atom stereocenters. The number of aromatic nitrogens is 1. The number of carbonyl (C=O) groups excluding carboxylic acids is 2. The topological polar surface area (TPSA) is 80.8 Å². The molecule has 31 heavy (non-hydrogen) atoms. The Morgan fingerprint density at radius 3 is 2.84 bits per heavy atom. The van der Waals surface area contributed by atoms with E-state index in [1.165, 1.54) is 12.3 Å². The van der Waals surface area contributed by atoms with Crippen molar-refractivity contribution in [2.24, 2.45) is 5.92 Å². The zero-order valence-electron chi connectivity index (χ0n) is 16.6. The molecule has 1 N–H and O–H groups in total. The second kappa shape index (κ2) is 9.58. The van der Waals surface area contributed by atoms with Crippen molar-refractivity contribution >= 4 is 46.9 Å². The fourth-order valence-electron chi connectivity index (χ4n) is 3.57. The molecular weight excluding hydrogens is 441 g/mol. The molecular formula is C22H21Cl2N3O4. The first kappa shape index (κ1) is 21.5. The van der Waals surface area contributed by atoms with Gasteiger partial charge in [-0.1, -0.05) is 23.2 Å². The van der Waals surface area contributed by atoms with E-state index in [1.807, 2.05) is 0 Å². The van der Waals surface area contributed by atoms with Crippen LogP contribution in [0.25, 0.3) is 6.08 Å². The minimum absolute atomic E-state index is 0.157. The highest BCUT2D eigenvalue weighted by atomic mass is 35.5. The molecule has 3 heterocycles. The molecule has 2 aliphatic heterocycles. The molecule has 1 aromatic carbocycles. The molecule has 0 saturated carbocycles. The molecule has 2 aliphatic rings. The van der Waals surface area contributed by atoms with Crippen molar-refractivity contribution in [2.75, 3.05) is 31.6 Å². The van der Waals surface area contributed by atoms with Gasteiger partial charge in [-0.3, -0.25) is 9.59 Å². The Hall–Kier alpha value is -2.77. The Morgan fingerprint density at radius 1 is 1.19 bits per heavy atom. The summed E-state index contributed by atoms with van der Waals surface area (Å²) in [6.45, 7) is 1.87. The van der Waals surface area contributed by atoms with E-state index in [2.05, 4.69) is 10.3 Å². The van der Waals surface area contributed by atoms with Gasteiger partial charge in [0.25, 0.3) is 0 Å². The summed E-state index contributed by atoms with van der Waals surface area (Å²) in [5.74, 6) is 0.913. The Balaban J connectivity index is 1.38. The zero-order chi connectivity index (χ0) is 21.8. The monoisotopic (exact) mass is 461 g/mol. The summed E-state index contributed by atoms with van der Waals surface area (Å²) in [5, 5.41) is 3.72. The summed E-state index contributed by atoms with van der Waals surface area (Å²) >= 11 is 12.1. The van der Waals surface area contributed by atoms with Gasteiger partial charge in [0.05, 0.1) is 16.0 Å². The number of fused-ring (bicyclic) bond motifs is 1. The smallest absolute Gasteiger partial charge is 0.246 e. The van der Waals surface area contributed by atoms with Gasteiger partial charge in [0.15, 0.2) is 11.5 Å². The Morgan fingerprint density at radius 2 is 2.03 bits per heavy atom. The third-order valence-electron chi connectivity index (χ3n) is 5.12. The maximum absolute atomic E-state index is 12.7. The van der Waals surface area contributed by atoms with Gasteiger partial charge in [0.2, 0.25) is 11.8 Å². The van der Waals surface area contributed by atoms with Gasteiger partial charge in [-0.25, -0.2) is 4.98 Å². The zero-order valence-corrected chi connectivity index (χ0v) is 18.2. The van der Waals surface area contributed by atoms with Crippen LogP contribution in [0.2, 0.25) is 10.0 Å². The van der Waals surface area contributed by atoms with Crippen LogP contribution >= 0.6 is 23.2 Å². The van der Waals surface area contributed by atoms with Gasteiger partial charge in [0.1, 0.15) is 19.0 Å². The summed E-state index contributed by atoms with van der Waals surface area (Å²) in [6.07, 6.45) is 6.12. The van der Waals surface area contributed by atoms with Crippen LogP contribution in [-0.2, 0) is 9.59 Å². The second-order valence-electron chi connectivity index (χ2n) is 7.33. The number of piperidine rings is 1. The predicted octanol–water partition coefficient (Wildman–Crippen LogP) is 4.05. The van der Waals surface area contributed by atoms with E-state index in [4.69, 9.17) is 32.7 Å². The van der Waals surface area contributed by atoms with Crippen molar-refractivity contribution in [1.82, 2.24) is 9.88 Å². The van der Waals surface area contributed by atoms with E-state index in [-0.39, 0.29) is 17.7 Å². The largest absolute Gasteiger partial charge is 0.486 e. The van der Waals surface area contributed by atoms with Crippen molar-refractivity contribution in [1.29, 1.82) is 0 Å². The molecule has 162 valence electrons. The highest BCUT2D eigenvalue weighted by molar-refractivity contribution is 6.32. The normalized spacial score (nSPS) is 18.1. The fourth-order valence-corrected chi connectivity index (χ4v) is 3.95. The number of nitrogens with one attached hydrogen (secondary N) is 1. The predicted molar refractivity (Wildman–Crippen MR) is 119 cm³/mol. The lowest BCUT2D eigenvalue weighted by Gasteiger charge is -2.31. The molecule has 0 radical (unpaired) electrons. The summed E-state index contributed by atoms with van der Waals surface area (Å²) in [7, 11) is 0. The Bertz CT molecular complexity index is 1010.